The van der Waals surface area contributed by atoms with E-state index in [-0.39, 0.29) is 21.9 Å². The lowest BCUT2D eigenvalue weighted by Gasteiger charge is -2.23. The van der Waals surface area contributed by atoms with Gasteiger partial charge in [0.15, 0.2) is 5.78 Å². The molecule has 7 nitrogen and oxygen atoms in total. The van der Waals surface area contributed by atoms with Gasteiger partial charge in [-0.3, -0.25) is 14.6 Å². The molecule has 0 unspecified atom stereocenters. The number of rotatable bonds is 5. The summed E-state index contributed by atoms with van der Waals surface area (Å²) in [6.07, 6.45) is 2.80. The van der Waals surface area contributed by atoms with Gasteiger partial charge < -0.3 is 4.42 Å². The molecule has 0 radical (unpaired) electrons. The van der Waals surface area contributed by atoms with E-state index in [9.17, 15) is 18.0 Å². The number of carbonyl (C=O) groups excluding carboxylic acids is 2. The van der Waals surface area contributed by atoms with E-state index < -0.39 is 15.9 Å². The Morgan fingerprint density at radius 2 is 1.66 bits per heavy atom. The van der Waals surface area contributed by atoms with Gasteiger partial charge in [0.2, 0.25) is 0 Å². The van der Waals surface area contributed by atoms with Crippen LogP contribution in [0.25, 0.3) is 11.0 Å². The number of carbonyl (C=O) groups is 2. The van der Waals surface area contributed by atoms with Crippen molar-refractivity contribution in [3.63, 3.8) is 0 Å². The molecule has 162 valence electrons. The third-order valence-corrected chi connectivity index (χ3v) is 6.87. The Kier molecular flexibility index (Phi) is 5.58. The molecule has 1 amide bonds. The smallest absolute Gasteiger partial charge is 0.272 e. The Hall–Kier alpha value is -3.49. The van der Waals surface area contributed by atoms with Crippen molar-refractivity contribution in [1.82, 2.24) is 4.98 Å². The van der Waals surface area contributed by atoms with Crippen molar-refractivity contribution >= 4 is 50.0 Å². The normalized spacial score (nSPS) is 11.5. The molecule has 2 aromatic heterocycles. The summed E-state index contributed by atoms with van der Waals surface area (Å²) in [6.45, 7) is 3.05. The minimum atomic E-state index is -4.32. The van der Waals surface area contributed by atoms with Gasteiger partial charge in [-0.2, -0.15) is 4.31 Å². The maximum Gasteiger partial charge on any atom is 0.272 e. The van der Waals surface area contributed by atoms with Crippen molar-refractivity contribution in [2.24, 2.45) is 0 Å². The summed E-state index contributed by atoms with van der Waals surface area (Å²) in [4.78, 5) is 29.3. The number of Topliss-reactive ketones (excluding diaryl/α,β-unsaturated/α-hetero) is 1. The van der Waals surface area contributed by atoms with E-state index in [1.165, 1.54) is 73.9 Å². The molecule has 0 aliphatic heterocycles. The number of aromatic nitrogens is 1. The molecule has 2 heterocycles. The number of hydrogen-bond donors (Lipinski definition) is 0. The molecule has 0 atom stereocenters. The molecule has 9 heteroatoms. The minimum absolute atomic E-state index is 0.0672. The lowest BCUT2D eigenvalue weighted by atomic mass is 10.1. The number of nitrogens with zero attached hydrogens (tertiary/aromatic N) is 2. The highest BCUT2D eigenvalue weighted by Gasteiger charge is 2.32. The number of benzene rings is 2. The Balaban J connectivity index is 1.96. The first-order valence-corrected chi connectivity index (χ1v) is 11.3. The maximum atomic E-state index is 13.6. The molecule has 0 saturated heterocycles. The van der Waals surface area contributed by atoms with Crippen LogP contribution >= 0.6 is 11.6 Å². The summed E-state index contributed by atoms with van der Waals surface area (Å²) in [6, 6.07) is 12.8. The summed E-state index contributed by atoms with van der Waals surface area (Å²) in [5, 5.41) is 0.781. The van der Waals surface area contributed by atoms with Crippen LogP contribution in [0.4, 0.5) is 5.69 Å². The maximum absolute atomic E-state index is 13.6. The lowest BCUT2D eigenvalue weighted by Crippen LogP contribution is -2.37. The molecule has 32 heavy (non-hydrogen) atoms. The second kappa shape index (κ2) is 8.22. The largest absolute Gasteiger partial charge is 0.461 e. The Morgan fingerprint density at radius 3 is 2.28 bits per heavy atom. The van der Waals surface area contributed by atoms with Gasteiger partial charge in [0.25, 0.3) is 15.9 Å². The third-order valence-electron chi connectivity index (χ3n) is 4.90. The van der Waals surface area contributed by atoms with Crippen molar-refractivity contribution in [3.05, 3.63) is 88.9 Å². The summed E-state index contributed by atoms with van der Waals surface area (Å²) in [7, 11) is -4.32. The molecule has 0 fully saturated rings. The van der Waals surface area contributed by atoms with Crippen molar-refractivity contribution in [1.29, 1.82) is 0 Å². The molecule has 4 aromatic rings. The molecule has 0 saturated carbocycles. The molecule has 0 spiro atoms. The number of hydrogen-bond acceptors (Lipinski definition) is 6. The number of amides is 1. The number of halogens is 1. The van der Waals surface area contributed by atoms with Crippen LogP contribution in [0.15, 0.2) is 76.3 Å². The van der Waals surface area contributed by atoms with Gasteiger partial charge in [0.05, 0.1) is 16.1 Å². The van der Waals surface area contributed by atoms with E-state index in [0.29, 0.717) is 31.6 Å². The van der Waals surface area contributed by atoms with Gasteiger partial charge >= 0.3 is 0 Å². The number of ketones is 1. The van der Waals surface area contributed by atoms with Crippen molar-refractivity contribution in [3.8, 4) is 0 Å². The molecule has 4 rings (SSSR count). The molecule has 0 N–H and O–H groups in total. The van der Waals surface area contributed by atoms with Crippen molar-refractivity contribution < 1.29 is 22.4 Å². The predicted molar refractivity (Wildman–Crippen MR) is 121 cm³/mol. The zero-order chi connectivity index (χ0) is 23.0. The highest BCUT2D eigenvalue weighted by atomic mass is 35.5. The predicted octanol–water partition coefficient (Wildman–Crippen LogP) is 5.03. The van der Waals surface area contributed by atoms with Crippen molar-refractivity contribution in [2.75, 3.05) is 4.31 Å². The van der Waals surface area contributed by atoms with Crippen LogP contribution < -0.4 is 4.31 Å². The summed E-state index contributed by atoms with van der Waals surface area (Å²) >= 11 is 5.91. The van der Waals surface area contributed by atoms with Gasteiger partial charge in [-0.05, 0) is 68.4 Å². The molecular weight excluding hydrogens is 452 g/mol. The fraction of sp³-hybridized carbons (Fsp3) is 0.0870. The van der Waals surface area contributed by atoms with Gasteiger partial charge in [-0.25, -0.2) is 8.42 Å². The van der Waals surface area contributed by atoms with Crippen LogP contribution in [0.3, 0.4) is 0 Å². The Morgan fingerprint density at radius 1 is 1.00 bits per heavy atom. The highest BCUT2D eigenvalue weighted by molar-refractivity contribution is 7.93. The lowest BCUT2D eigenvalue weighted by molar-refractivity contribution is 0.1000. The van der Waals surface area contributed by atoms with E-state index in [0.717, 1.165) is 0 Å². The van der Waals surface area contributed by atoms with Crippen LogP contribution in [0, 0.1) is 6.92 Å². The zero-order valence-corrected chi connectivity index (χ0v) is 18.6. The fourth-order valence-corrected chi connectivity index (χ4v) is 4.99. The van der Waals surface area contributed by atoms with E-state index >= 15 is 0 Å². The Labute approximate surface area is 189 Å². The second-order valence-corrected chi connectivity index (χ2v) is 9.26. The van der Waals surface area contributed by atoms with Crippen LogP contribution in [0.1, 0.15) is 33.4 Å². The van der Waals surface area contributed by atoms with Gasteiger partial charge in [-0.1, -0.05) is 11.6 Å². The SMILES string of the molecule is CC(=O)c1c(C)oc2ccc(N(C(=O)c3ccncc3)S(=O)(=O)c3ccc(Cl)cc3)cc12. The first-order chi connectivity index (χ1) is 15.2. The van der Waals surface area contributed by atoms with E-state index in [1.807, 2.05) is 0 Å². The van der Waals surface area contributed by atoms with E-state index in [4.69, 9.17) is 16.0 Å². The molecule has 2 aromatic carbocycles. The van der Waals surface area contributed by atoms with Gasteiger partial charge in [0, 0.05) is 28.4 Å². The molecule has 0 aliphatic rings. The number of pyridine rings is 1. The monoisotopic (exact) mass is 468 g/mol. The quantitative estimate of drug-likeness (QED) is 0.381. The van der Waals surface area contributed by atoms with Gasteiger partial charge in [-0.15, -0.1) is 0 Å². The van der Waals surface area contributed by atoms with Crippen LogP contribution in [0.5, 0.6) is 0 Å². The minimum Gasteiger partial charge on any atom is -0.461 e. The second-order valence-electron chi connectivity index (χ2n) is 7.03. The number of fused-ring (bicyclic) bond motifs is 1. The average molecular weight is 469 g/mol. The van der Waals surface area contributed by atoms with Crippen LogP contribution in [-0.2, 0) is 10.0 Å². The summed E-state index contributed by atoms with van der Waals surface area (Å²) < 4.78 is 33.5. The Bertz CT molecular complexity index is 1450. The van der Waals surface area contributed by atoms with Crippen molar-refractivity contribution in [2.45, 2.75) is 18.7 Å². The van der Waals surface area contributed by atoms with Crippen LogP contribution in [-0.4, -0.2) is 25.1 Å². The average Bonchev–Trinajstić information content (AvgIpc) is 3.10. The number of furan rings is 1. The fourth-order valence-electron chi connectivity index (χ4n) is 3.46. The number of aryl methyl sites for hydroxylation is 1. The van der Waals surface area contributed by atoms with E-state index in [2.05, 4.69) is 4.98 Å². The number of anilines is 1. The number of sulfonamides is 1. The highest BCUT2D eigenvalue weighted by Crippen LogP contribution is 2.33. The van der Waals surface area contributed by atoms with E-state index in [1.54, 1.807) is 6.92 Å². The zero-order valence-electron chi connectivity index (χ0n) is 17.1. The summed E-state index contributed by atoms with van der Waals surface area (Å²) in [5.41, 5.74) is 0.948. The topological polar surface area (TPSA) is 97.6 Å². The summed E-state index contributed by atoms with van der Waals surface area (Å²) in [5.74, 6) is -0.588. The third kappa shape index (κ3) is 3.79. The molecule has 0 bridgehead atoms. The molecular formula is C23H17ClN2O5S. The van der Waals surface area contributed by atoms with Gasteiger partial charge in [0.1, 0.15) is 11.3 Å². The molecule has 0 aliphatic carbocycles. The first kappa shape index (κ1) is 21.7. The standard InChI is InChI=1S/C23H17ClN2O5S/c1-14(27)22-15(2)31-21-8-5-18(13-20(21)22)26(23(28)16-9-11-25-12-10-16)32(29,30)19-6-3-17(24)4-7-19/h3-13H,1-2H3. The van der Waals surface area contributed by atoms with Crippen LogP contribution in [0.2, 0.25) is 5.02 Å². The first-order valence-electron chi connectivity index (χ1n) is 9.49.